The Balaban J connectivity index is 1.45. The van der Waals surface area contributed by atoms with Gasteiger partial charge in [-0.05, 0) is 47.9 Å². The summed E-state index contributed by atoms with van der Waals surface area (Å²) in [7, 11) is -3.59. The van der Waals surface area contributed by atoms with E-state index < -0.39 is 10.0 Å². The summed E-state index contributed by atoms with van der Waals surface area (Å²) in [5.41, 5.74) is 4.00. The van der Waals surface area contributed by atoms with Crippen LogP contribution in [0.25, 0.3) is 11.3 Å². The third kappa shape index (κ3) is 2.74. The van der Waals surface area contributed by atoms with E-state index in [0.717, 1.165) is 36.3 Å². The molecule has 138 valence electrons. The predicted octanol–water partition coefficient (Wildman–Crippen LogP) is 2.78. The van der Waals surface area contributed by atoms with Gasteiger partial charge < -0.3 is 9.73 Å². The molecule has 0 radical (unpaired) electrons. The fourth-order valence-electron chi connectivity index (χ4n) is 3.70. The number of aromatic nitrogens is 1. The van der Waals surface area contributed by atoms with Crippen LogP contribution in [0.4, 0.5) is 5.69 Å². The zero-order valence-electron chi connectivity index (χ0n) is 14.6. The van der Waals surface area contributed by atoms with Crippen molar-refractivity contribution in [1.82, 2.24) is 10.3 Å². The van der Waals surface area contributed by atoms with Gasteiger partial charge in [-0.15, -0.1) is 0 Å². The summed E-state index contributed by atoms with van der Waals surface area (Å²) >= 11 is 0. The second-order valence-electron chi connectivity index (χ2n) is 6.96. The second kappa shape index (κ2) is 6.21. The quantitative estimate of drug-likeness (QED) is 0.752. The predicted molar refractivity (Wildman–Crippen MR) is 102 cm³/mol. The first kappa shape index (κ1) is 16.5. The molecule has 5 rings (SSSR count). The highest BCUT2D eigenvalue weighted by Crippen LogP contribution is 2.35. The molecule has 7 heteroatoms. The fraction of sp³-hybridized carbons (Fsp3) is 0.250. The van der Waals surface area contributed by atoms with Crippen molar-refractivity contribution in [3.63, 3.8) is 0 Å². The Hall–Kier alpha value is -2.64. The Labute approximate surface area is 157 Å². The first-order valence-corrected chi connectivity index (χ1v) is 10.4. The summed E-state index contributed by atoms with van der Waals surface area (Å²) < 4.78 is 33.1. The van der Waals surface area contributed by atoms with Crippen molar-refractivity contribution < 1.29 is 12.8 Å². The van der Waals surface area contributed by atoms with Gasteiger partial charge in [-0.25, -0.2) is 13.4 Å². The molecule has 0 atom stereocenters. The van der Waals surface area contributed by atoms with Crippen LogP contribution >= 0.6 is 0 Å². The number of hydrogen-bond acceptors (Lipinski definition) is 5. The molecule has 27 heavy (non-hydrogen) atoms. The van der Waals surface area contributed by atoms with Crippen molar-refractivity contribution in [2.24, 2.45) is 0 Å². The van der Waals surface area contributed by atoms with Gasteiger partial charge in [-0.1, -0.05) is 12.1 Å². The van der Waals surface area contributed by atoms with Crippen LogP contribution in [0.2, 0.25) is 0 Å². The third-order valence-corrected chi connectivity index (χ3v) is 7.20. The lowest BCUT2D eigenvalue weighted by Crippen LogP contribution is -2.39. The number of fused-ring (bicyclic) bond motifs is 1. The number of rotatable bonds is 4. The Morgan fingerprint density at radius 1 is 1.11 bits per heavy atom. The van der Waals surface area contributed by atoms with Crippen LogP contribution in [0.5, 0.6) is 0 Å². The molecule has 6 nitrogen and oxygen atoms in total. The molecule has 2 aliphatic heterocycles. The molecule has 0 aliphatic carbocycles. The van der Waals surface area contributed by atoms with Gasteiger partial charge in [-0.3, -0.25) is 4.31 Å². The van der Waals surface area contributed by atoms with Crippen molar-refractivity contribution >= 4 is 15.7 Å². The van der Waals surface area contributed by atoms with E-state index in [4.69, 9.17) is 4.42 Å². The van der Waals surface area contributed by atoms with Crippen LogP contribution in [0, 0.1) is 0 Å². The van der Waals surface area contributed by atoms with Gasteiger partial charge >= 0.3 is 0 Å². The summed E-state index contributed by atoms with van der Waals surface area (Å²) in [5, 5.41) is 3.28. The normalized spacial score (nSPS) is 17.0. The number of nitrogens with zero attached hydrogens (tertiary/aromatic N) is 2. The largest absolute Gasteiger partial charge is 0.444 e. The van der Waals surface area contributed by atoms with Crippen LogP contribution in [-0.2, 0) is 16.4 Å². The molecule has 0 spiro atoms. The average Bonchev–Trinajstić information content (AvgIpc) is 3.30. The first-order valence-electron chi connectivity index (χ1n) is 8.98. The van der Waals surface area contributed by atoms with Gasteiger partial charge in [0.2, 0.25) is 0 Å². The molecule has 0 amide bonds. The Bertz CT molecular complexity index is 1070. The van der Waals surface area contributed by atoms with Gasteiger partial charge in [-0.2, -0.15) is 0 Å². The van der Waals surface area contributed by atoms with E-state index in [2.05, 4.69) is 22.4 Å². The van der Waals surface area contributed by atoms with E-state index in [9.17, 15) is 8.42 Å². The maximum absolute atomic E-state index is 13.2. The molecule has 3 aromatic rings. The van der Waals surface area contributed by atoms with Gasteiger partial charge in [0.15, 0.2) is 12.2 Å². The summed E-state index contributed by atoms with van der Waals surface area (Å²) in [6, 6.07) is 12.9. The standard InChI is InChI=1S/C20H19N3O3S/c24-27(25,18-4-1-14(2-5-18)20-12-22-13-26-20)23-8-7-16-9-15(3-6-19(16)23)17-10-21-11-17/h1-6,9,12-13,17,21H,7-8,10-11H2. The molecule has 1 saturated heterocycles. The highest BCUT2D eigenvalue weighted by Gasteiger charge is 2.32. The number of sulfonamides is 1. The molecule has 2 aliphatic rings. The van der Waals surface area contributed by atoms with E-state index >= 15 is 0 Å². The molecule has 0 bridgehead atoms. The summed E-state index contributed by atoms with van der Waals surface area (Å²) in [4.78, 5) is 4.17. The van der Waals surface area contributed by atoms with E-state index in [1.54, 1.807) is 30.5 Å². The van der Waals surface area contributed by atoms with Gasteiger partial charge in [0, 0.05) is 31.1 Å². The maximum Gasteiger partial charge on any atom is 0.264 e. The zero-order chi connectivity index (χ0) is 18.4. The van der Waals surface area contributed by atoms with E-state index in [-0.39, 0.29) is 4.90 Å². The lowest BCUT2D eigenvalue weighted by Gasteiger charge is -2.28. The molecule has 1 aromatic heterocycles. The Morgan fingerprint density at radius 3 is 2.59 bits per heavy atom. The number of oxazole rings is 1. The average molecular weight is 381 g/mol. The smallest absolute Gasteiger partial charge is 0.264 e. The lowest BCUT2D eigenvalue weighted by molar-refractivity contribution is 0.448. The van der Waals surface area contributed by atoms with Gasteiger partial charge in [0.25, 0.3) is 10.0 Å². The van der Waals surface area contributed by atoms with Crippen LogP contribution in [-0.4, -0.2) is 33.0 Å². The minimum Gasteiger partial charge on any atom is -0.444 e. The fourth-order valence-corrected chi connectivity index (χ4v) is 5.20. The SMILES string of the molecule is O=S(=O)(c1ccc(-c2cnco2)cc1)N1CCc2cc(C3CNC3)ccc21. The second-order valence-corrected chi connectivity index (χ2v) is 8.82. The summed E-state index contributed by atoms with van der Waals surface area (Å²) in [6.07, 6.45) is 3.71. The van der Waals surface area contributed by atoms with Crippen molar-refractivity contribution in [3.05, 3.63) is 66.2 Å². The molecule has 2 aromatic carbocycles. The Kier molecular flexibility index (Phi) is 3.80. The molecule has 1 N–H and O–H groups in total. The summed E-state index contributed by atoms with van der Waals surface area (Å²) in [5.74, 6) is 1.16. The minimum absolute atomic E-state index is 0.283. The van der Waals surface area contributed by atoms with Crippen LogP contribution in [0.15, 0.2) is 64.4 Å². The van der Waals surface area contributed by atoms with E-state index in [1.165, 1.54) is 16.3 Å². The number of anilines is 1. The van der Waals surface area contributed by atoms with E-state index in [0.29, 0.717) is 18.2 Å². The molecule has 0 unspecified atom stereocenters. The first-order chi connectivity index (χ1) is 13.1. The summed E-state index contributed by atoms with van der Waals surface area (Å²) in [6.45, 7) is 2.48. The monoisotopic (exact) mass is 381 g/mol. The highest BCUT2D eigenvalue weighted by molar-refractivity contribution is 7.92. The Morgan fingerprint density at radius 2 is 1.93 bits per heavy atom. The molecule has 3 heterocycles. The molecule has 1 fully saturated rings. The maximum atomic E-state index is 13.2. The third-order valence-electron chi connectivity index (χ3n) is 5.37. The van der Waals surface area contributed by atoms with Gasteiger partial charge in [0.05, 0.1) is 16.8 Å². The van der Waals surface area contributed by atoms with Crippen molar-refractivity contribution in [1.29, 1.82) is 0 Å². The molecular formula is C20H19N3O3S. The van der Waals surface area contributed by atoms with Crippen molar-refractivity contribution in [2.75, 3.05) is 23.9 Å². The van der Waals surface area contributed by atoms with Crippen LogP contribution in [0.3, 0.4) is 0 Å². The van der Waals surface area contributed by atoms with E-state index in [1.807, 2.05) is 6.07 Å². The van der Waals surface area contributed by atoms with Crippen LogP contribution in [0.1, 0.15) is 17.0 Å². The van der Waals surface area contributed by atoms with Gasteiger partial charge in [0.1, 0.15) is 0 Å². The minimum atomic E-state index is -3.59. The highest BCUT2D eigenvalue weighted by atomic mass is 32.2. The van der Waals surface area contributed by atoms with Crippen molar-refractivity contribution in [2.45, 2.75) is 17.2 Å². The zero-order valence-corrected chi connectivity index (χ0v) is 15.4. The number of hydrogen-bond donors (Lipinski definition) is 1. The molecular weight excluding hydrogens is 362 g/mol. The van der Waals surface area contributed by atoms with Crippen LogP contribution < -0.4 is 9.62 Å². The lowest BCUT2D eigenvalue weighted by atomic mass is 9.92. The number of benzene rings is 2. The molecule has 0 saturated carbocycles. The number of nitrogens with one attached hydrogen (secondary N) is 1. The van der Waals surface area contributed by atoms with Crippen molar-refractivity contribution in [3.8, 4) is 11.3 Å². The topological polar surface area (TPSA) is 75.4 Å².